The molecule has 6 heteroatoms. The molecule has 0 aliphatic heterocycles. The molecule has 19 heavy (non-hydrogen) atoms. The lowest BCUT2D eigenvalue weighted by Crippen LogP contribution is -2.04. The molecule has 1 N–H and O–H groups in total. The van der Waals surface area contributed by atoms with Gasteiger partial charge in [0.05, 0.1) is 11.9 Å². The first-order valence-corrected chi connectivity index (χ1v) is 6.03. The second-order valence-corrected chi connectivity index (χ2v) is 4.07. The second kappa shape index (κ2) is 5.99. The van der Waals surface area contributed by atoms with Crippen LogP contribution in [0.3, 0.4) is 0 Å². The molecule has 0 saturated heterocycles. The monoisotopic (exact) mass is 260 g/mol. The molecule has 0 spiro atoms. The van der Waals surface area contributed by atoms with E-state index in [0.29, 0.717) is 24.5 Å². The summed E-state index contributed by atoms with van der Waals surface area (Å²) >= 11 is 0. The van der Waals surface area contributed by atoms with Gasteiger partial charge in [0.2, 0.25) is 0 Å². The molecule has 100 valence electrons. The SMILES string of the molecule is CC/C(=N/O)c1ccccc1OCc1cn(C)nn1. The Labute approximate surface area is 111 Å². The van der Waals surface area contributed by atoms with Crippen molar-refractivity contribution >= 4 is 5.71 Å². The number of para-hydroxylation sites is 1. The predicted octanol–water partition coefficient (Wildman–Crippen LogP) is 1.98. The third-order valence-electron chi connectivity index (χ3n) is 2.68. The number of aromatic nitrogens is 3. The minimum Gasteiger partial charge on any atom is -0.486 e. The summed E-state index contributed by atoms with van der Waals surface area (Å²) in [7, 11) is 1.80. The molecule has 1 heterocycles. The maximum absolute atomic E-state index is 9.00. The van der Waals surface area contributed by atoms with Crippen molar-refractivity contribution in [3.8, 4) is 5.75 Å². The van der Waals surface area contributed by atoms with E-state index < -0.39 is 0 Å². The van der Waals surface area contributed by atoms with Gasteiger partial charge in [-0.05, 0) is 18.6 Å². The van der Waals surface area contributed by atoms with Crippen LogP contribution in [0.5, 0.6) is 5.75 Å². The highest BCUT2D eigenvalue weighted by Gasteiger charge is 2.10. The summed E-state index contributed by atoms with van der Waals surface area (Å²) in [6, 6.07) is 7.46. The Balaban J connectivity index is 2.16. The summed E-state index contributed by atoms with van der Waals surface area (Å²) in [6.07, 6.45) is 2.42. The summed E-state index contributed by atoms with van der Waals surface area (Å²) < 4.78 is 7.34. The van der Waals surface area contributed by atoms with Crippen LogP contribution in [0.2, 0.25) is 0 Å². The van der Waals surface area contributed by atoms with Gasteiger partial charge in [0.25, 0.3) is 0 Å². The summed E-state index contributed by atoms with van der Waals surface area (Å²) in [5.41, 5.74) is 2.13. The maximum Gasteiger partial charge on any atom is 0.134 e. The van der Waals surface area contributed by atoms with Crippen molar-refractivity contribution in [3.63, 3.8) is 0 Å². The fourth-order valence-corrected chi connectivity index (χ4v) is 1.76. The van der Waals surface area contributed by atoms with Crippen LogP contribution in [0.1, 0.15) is 24.6 Å². The molecule has 0 fully saturated rings. The number of ether oxygens (including phenoxy) is 1. The van der Waals surface area contributed by atoms with Gasteiger partial charge in [-0.3, -0.25) is 4.68 Å². The minimum atomic E-state index is 0.327. The van der Waals surface area contributed by atoms with E-state index in [0.717, 1.165) is 11.3 Å². The van der Waals surface area contributed by atoms with Crippen LogP contribution in [0.4, 0.5) is 0 Å². The minimum absolute atomic E-state index is 0.327. The van der Waals surface area contributed by atoms with Gasteiger partial charge in [-0.25, -0.2) is 0 Å². The quantitative estimate of drug-likeness (QED) is 0.507. The van der Waals surface area contributed by atoms with E-state index in [2.05, 4.69) is 15.5 Å². The Hall–Kier alpha value is -2.37. The van der Waals surface area contributed by atoms with Crippen LogP contribution in [0.15, 0.2) is 35.6 Å². The lowest BCUT2D eigenvalue weighted by molar-refractivity contribution is 0.298. The predicted molar refractivity (Wildman–Crippen MR) is 70.4 cm³/mol. The van der Waals surface area contributed by atoms with Gasteiger partial charge in [0.1, 0.15) is 18.1 Å². The standard InChI is InChI=1S/C13H16N4O2/c1-3-12(15-18)11-6-4-5-7-13(11)19-9-10-8-17(2)16-14-10/h4-8,18H,3,9H2,1-2H3/b15-12-. The molecule has 0 aliphatic rings. The van der Waals surface area contributed by atoms with Gasteiger partial charge in [-0.15, -0.1) is 5.10 Å². The van der Waals surface area contributed by atoms with Crippen LogP contribution >= 0.6 is 0 Å². The highest BCUT2D eigenvalue weighted by molar-refractivity contribution is 6.02. The van der Waals surface area contributed by atoms with Gasteiger partial charge in [-0.1, -0.05) is 29.4 Å². The molecule has 0 unspecified atom stereocenters. The Kier molecular flexibility index (Phi) is 4.12. The van der Waals surface area contributed by atoms with E-state index in [9.17, 15) is 0 Å². The number of benzene rings is 1. The summed E-state index contributed by atoms with van der Waals surface area (Å²) in [4.78, 5) is 0. The first kappa shape index (κ1) is 13.1. The summed E-state index contributed by atoms with van der Waals surface area (Å²) in [5, 5.41) is 20.1. The first-order chi connectivity index (χ1) is 9.24. The van der Waals surface area contributed by atoms with Crippen molar-refractivity contribution in [2.24, 2.45) is 12.2 Å². The van der Waals surface area contributed by atoms with Crippen molar-refractivity contribution in [1.29, 1.82) is 0 Å². The molecular weight excluding hydrogens is 244 g/mol. The first-order valence-electron chi connectivity index (χ1n) is 6.03. The van der Waals surface area contributed by atoms with Crippen LogP contribution in [-0.2, 0) is 13.7 Å². The van der Waals surface area contributed by atoms with Gasteiger partial charge in [0, 0.05) is 12.6 Å². The molecule has 0 aliphatic carbocycles. The Morgan fingerprint density at radius 2 is 2.21 bits per heavy atom. The Bertz CT molecular complexity index is 578. The fraction of sp³-hybridized carbons (Fsp3) is 0.308. The van der Waals surface area contributed by atoms with Gasteiger partial charge in [0.15, 0.2) is 0 Å². The van der Waals surface area contributed by atoms with Crippen molar-refractivity contribution < 1.29 is 9.94 Å². The number of hydrogen-bond acceptors (Lipinski definition) is 5. The van der Waals surface area contributed by atoms with Crippen molar-refractivity contribution in [2.75, 3.05) is 0 Å². The van der Waals surface area contributed by atoms with Gasteiger partial charge in [-0.2, -0.15) is 0 Å². The molecule has 0 amide bonds. The molecule has 0 bridgehead atoms. The van der Waals surface area contributed by atoms with E-state index in [1.165, 1.54) is 0 Å². The number of rotatable bonds is 5. The molecule has 0 saturated carbocycles. The van der Waals surface area contributed by atoms with Crippen molar-refractivity contribution in [3.05, 3.63) is 41.7 Å². The molecular formula is C13H16N4O2. The average molecular weight is 260 g/mol. The number of aryl methyl sites for hydroxylation is 1. The van der Waals surface area contributed by atoms with Crippen LogP contribution in [-0.4, -0.2) is 25.9 Å². The summed E-state index contributed by atoms with van der Waals surface area (Å²) in [6.45, 7) is 2.25. The molecule has 1 aromatic carbocycles. The molecule has 2 aromatic rings. The van der Waals surface area contributed by atoms with Crippen LogP contribution in [0, 0.1) is 0 Å². The fourth-order valence-electron chi connectivity index (χ4n) is 1.76. The highest BCUT2D eigenvalue weighted by atomic mass is 16.5. The summed E-state index contributed by atoms with van der Waals surface area (Å²) in [5.74, 6) is 0.669. The largest absolute Gasteiger partial charge is 0.486 e. The Morgan fingerprint density at radius 3 is 2.84 bits per heavy atom. The third kappa shape index (κ3) is 3.09. The van der Waals surface area contributed by atoms with Crippen molar-refractivity contribution in [2.45, 2.75) is 20.0 Å². The topological polar surface area (TPSA) is 72.5 Å². The van der Waals surface area contributed by atoms with E-state index >= 15 is 0 Å². The van der Waals surface area contributed by atoms with E-state index in [1.807, 2.05) is 31.2 Å². The van der Waals surface area contributed by atoms with Crippen LogP contribution in [0.25, 0.3) is 0 Å². The van der Waals surface area contributed by atoms with Gasteiger partial charge >= 0.3 is 0 Å². The van der Waals surface area contributed by atoms with Gasteiger partial charge < -0.3 is 9.94 Å². The zero-order valence-corrected chi connectivity index (χ0v) is 10.9. The zero-order chi connectivity index (χ0) is 13.7. The Morgan fingerprint density at radius 1 is 1.42 bits per heavy atom. The lowest BCUT2D eigenvalue weighted by atomic mass is 10.1. The molecule has 6 nitrogen and oxygen atoms in total. The maximum atomic E-state index is 9.00. The molecule has 1 aromatic heterocycles. The molecule has 0 radical (unpaired) electrons. The third-order valence-corrected chi connectivity index (χ3v) is 2.68. The normalized spacial score (nSPS) is 11.6. The number of nitrogens with zero attached hydrogens (tertiary/aromatic N) is 4. The lowest BCUT2D eigenvalue weighted by Gasteiger charge is -2.10. The number of hydrogen-bond donors (Lipinski definition) is 1. The smallest absolute Gasteiger partial charge is 0.134 e. The van der Waals surface area contributed by atoms with E-state index in [-0.39, 0.29) is 0 Å². The molecule has 0 atom stereocenters. The van der Waals surface area contributed by atoms with Crippen LogP contribution < -0.4 is 4.74 Å². The zero-order valence-electron chi connectivity index (χ0n) is 10.9. The second-order valence-electron chi connectivity index (χ2n) is 4.07. The highest BCUT2D eigenvalue weighted by Crippen LogP contribution is 2.21. The molecule has 2 rings (SSSR count). The van der Waals surface area contributed by atoms with E-state index in [1.54, 1.807) is 17.9 Å². The van der Waals surface area contributed by atoms with E-state index in [4.69, 9.17) is 9.94 Å². The average Bonchev–Trinajstić information content (AvgIpc) is 2.85. The number of oxime groups is 1. The van der Waals surface area contributed by atoms with Crippen molar-refractivity contribution in [1.82, 2.24) is 15.0 Å².